The maximum absolute atomic E-state index is 11.5. The number of hydrogen-bond acceptors (Lipinski definition) is 3. The summed E-state index contributed by atoms with van der Waals surface area (Å²) in [6, 6.07) is 0. The predicted molar refractivity (Wildman–Crippen MR) is 60.5 cm³/mol. The molecule has 0 radical (unpaired) electrons. The number of ether oxygens (including phenoxy) is 1. The largest absolute Gasteiger partial charge is 0.460 e. The van der Waals surface area contributed by atoms with Gasteiger partial charge >= 0.3 is 5.97 Å². The van der Waals surface area contributed by atoms with Gasteiger partial charge in [-0.2, -0.15) is 0 Å². The van der Waals surface area contributed by atoms with Crippen LogP contribution in [0.15, 0.2) is 0 Å². The van der Waals surface area contributed by atoms with Gasteiger partial charge in [-0.05, 0) is 39.0 Å². The van der Waals surface area contributed by atoms with E-state index in [1.807, 2.05) is 20.8 Å². The quantitative estimate of drug-likeness (QED) is 0.718. The zero-order valence-electron chi connectivity index (χ0n) is 10.5. The Hall–Kier alpha value is -0.570. The maximum atomic E-state index is 11.5. The van der Waals surface area contributed by atoms with Crippen molar-refractivity contribution >= 4 is 5.97 Å². The molecular formula is C12H24O3. The van der Waals surface area contributed by atoms with Crippen molar-refractivity contribution in [2.24, 2.45) is 11.8 Å². The van der Waals surface area contributed by atoms with Gasteiger partial charge in [0.1, 0.15) is 5.60 Å². The van der Waals surface area contributed by atoms with Crippen LogP contribution in [0.1, 0.15) is 47.5 Å². The van der Waals surface area contributed by atoms with Crippen molar-refractivity contribution in [3.8, 4) is 0 Å². The molecule has 0 saturated carbocycles. The highest BCUT2D eigenvalue weighted by Gasteiger charge is 2.20. The van der Waals surface area contributed by atoms with E-state index in [2.05, 4.69) is 13.8 Å². The Morgan fingerprint density at radius 2 is 1.87 bits per heavy atom. The molecule has 1 N–H and O–H groups in total. The van der Waals surface area contributed by atoms with E-state index in [0.29, 0.717) is 12.3 Å². The molecule has 0 aliphatic rings. The van der Waals surface area contributed by atoms with Crippen molar-refractivity contribution in [1.82, 2.24) is 0 Å². The van der Waals surface area contributed by atoms with E-state index in [4.69, 9.17) is 9.84 Å². The third-order valence-corrected chi connectivity index (χ3v) is 1.94. The van der Waals surface area contributed by atoms with Crippen LogP contribution in [0.2, 0.25) is 0 Å². The normalized spacial score (nSPS) is 14.1. The van der Waals surface area contributed by atoms with Gasteiger partial charge in [-0.3, -0.25) is 4.79 Å². The number of rotatable bonds is 5. The van der Waals surface area contributed by atoms with E-state index in [1.165, 1.54) is 0 Å². The molecule has 0 aliphatic heterocycles. The maximum Gasteiger partial charge on any atom is 0.306 e. The standard InChI is InChI=1S/C12H24O3/c1-9(2)6-10(8-13)7-11(14)15-12(3,4)5/h9-10,13H,6-8H2,1-5H3/t10-/m1/s1. The molecule has 0 aromatic carbocycles. The third-order valence-electron chi connectivity index (χ3n) is 1.94. The van der Waals surface area contributed by atoms with Crippen LogP contribution in [0.3, 0.4) is 0 Å². The van der Waals surface area contributed by atoms with E-state index in [9.17, 15) is 4.79 Å². The average Bonchev–Trinajstić information content (AvgIpc) is 1.98. The number of esters is 1. The highest BCUT2D eigenvalue weighted by Crippen LogP contribution is 2.17. The highest BCUT2D eigenvalue weighted by molar-refractivity contribution is 5.70. The summed E-state index contributed by atoms with van der Waals surface area (Å²) in [5.41, 5.74) is -0.436. The molecule has 90 valence electrons. The molecule has 0 fully saturated rings. The van der Waals surface area contributed by atoms with Crippen LogP contribution < -0.4 is 0 Å². The van der Waals surface area contributed by atoms with E-state index in [0.717, 1.165) is 6.42 Å². The van der Waals surface area contributed by atoms with Crippen molar-refractivity contribution in [3.05, 3.63) is 0 Å². The molecule has 0 amide bonds. The van der Waals surface area contributed by atoms with Gasteiger partial charge < -0.3 is 9.84 Å². The molecule has 0 bridgehead atoms. The van der Waals surface area contributed by atoms with Crippen molar-refractivity contribution < 1.29 is 14.6 Å². The molecule has 0 unspecified atom stereocenters. The Balaban J connectivity index is 4.02. The van der Waals surface area contributed by atoms with Crippen LogP contribution in [-0.2, 0) is 9.53 Å². The first-order valence-corrected chi connectivity index (χ1v) is 5.57. The lowest BCUT2D eigenvalue weighted by Crippen LogP contribution is -2.26. The lowest BCUT2D eigenvalue weighted by molar-refractivity contribution is -0.156. The van der Waals surface area contributed by atoms with Crippen LogP contribution in [0.5, 0.6) is 0 Å². The minimum absolute atomic E-state index is 0.0276. The number of carbonyl (C=O) groups is 1. The summed E-state index contributed by atoms with van der Waals surface area (Å²) in [6.07, 6.45) is 1.17. The van der Waals surface area contributed by atoms with E-state index in [1.54, 1.807) is 0 Å². The fourth-order valence-corrected chi connectivity index (χ4v) is 1.51. The molecule has 0 spiro atoms. The zero-order valence-corrected chi connectivity index (χ0v) is 10.5. The van der Waals surface area contributed by atoms with Gasteiger partial charge in [0.25, 0.3) is 0 Å². The molecule has 0 rings (SSSR count). The Bertz CT molecular complexity index is 192. The van der Waals surface area contributed by atoms with E-state index in [-0.39, 0.29) is 18.5 Å². The van der Waals surface area contributed by atoms with Gasteiger partial charge in [-0.15, -0.1) is 0 Å². The second kappa shape index (κ2) is 6.11. The molecule has 0 heterocycles. The summed E-state index contributed by atoms with van der Waals surface area (Å²) in [5.74, 6) is 0.298. The van der Waals surface area contributed by atoms with Gasteiger partial charge in [-0.1, -0.05) is 13.8 Å². The molecule has 3 heteroatoms. The van der Waals surface area contributed by atoms with Gasteiger partial charge in [0, 0.05) is 6.61 Å². The highest BCUT2D eigenvalue weighted by atomic mass is 16.6. The summed E-state index contributed by atoms with van der Waals surface area (Å²) in [4.78, 5) is 11.5. The van der Waals surface area contributed by atoms with E-state index < -0.39 is 5.60 Å². The van der Waals surface area contributed by atoms with Crippen molar-refractivity contribution in [3.63, 3.8) is 0 Å². The third kappa shape index (κ3) is 8.43. The van der Waals surface area contributed by atoms with E-state index >= 15 is 0 Å². The van der Waals surface area contributed by atoms with Crippen LogP contribution in [-0.4, -0.2) is 23.3 Å². The molecular weight excluding hydrogens is 192 g/mol. The summed E-state index contributed by atoms with van der Waals surface area (Å²) < 4.78 is 5.20. The van der Waals surface area contributed by atoms with Crippen LogP contribution in [0, 0.1) is 11.8 Å². The monoisotopic (exact) mass is 216 g/mol. The Kier molecular flexibility index (Phi) is 5.88. The summed E-state index contributed by atoms with van der Waals surface area (Å²) in [5, 5.41) is 9.11. The SMILES string of the molecule is CC(C)C[C@@H](CO)CC(=O)OC(C)(C)C. The molecule has 15 heavy (non-hydrogen) atoms. The summed E-state index contributed by atoms with van der Waals surface area (Å²) >= 11 is 0. The fourth-order valence-electron chi connectivity index (χ4n) is 1.51. The minimum Gasteiger partial charge on any atom is -0.460 e. The van der Waals surface area contributed by atoms with Gasteiger partial charge in [0.15, 0.2) is 0 Å². The first kappa shape index (κ1) is 14.4. The summed E-state index contributed by atoms with van der Waals surface area (Å²) in [6.45, 7) is 9.76. The predicted octanol–water partition coefficient (Wildman–Crippen LogP) is 2.37. The molecule has 3 nitrogen and oxygen atoms in total. The lowest BCUT2D eigenvalue weighted by Gasteiger charge is -2.22. The first-order chi connectivity index (χ1) is 6.74. The van der Waals surface area contributed by atoms with Crippen molar-refractivity contribution in [1.29, 1.82) is 0 Å². The van der Waals surface area contributed by atoms with Crippen molar-refractivity contribution in [2.75, 3.05) is 6.61 Å². The molecule has 0 aliphatic carbocycles. The number of hydrogen-bond donors (Lipinski definition) is 1. The minimum atomic E-state index is -0.436. The molecule has 0 saturated heterocycles. The van der Waals surface area contributed by atoms with Crippen molar-refractivity contribution in [2.45, 2.75) is 53.1 Å². The Labute approximate surface area is 92.8 Å². The number of aliphatic hydroxyl groups excluding tert-OH is 1. The van der Waals surface area contributed by atoms with Gasteiger partial charge in [0.2, 0.25) is 0 Å². The topological polar surface area (TPSA) is 46.5 Å². The first-order valence-electron chi connectivity index (χ1n) is 5.57. The smallest absolute Gasteiger partial charge is 0.306 e. The Morgan fingerprint density at radius 3 is 2.20 bits per heavy atom. The second-order valence-corrected chi connectivity index (χ2v) is 5.47. The van der Waals surface area contributed by atoms with Gasteiger partial charge in [0.05, 0.1) is 6.42 Å². The fraction of sp³-hybridized carbons (Fsp3) is 0.917. The average molecular weight is 216 g/mol. The second-order valence-electron chi connectivity index (χ2n) is 5.47. The van der Waals surface area contributed by atoms with Crippen LogP contribution in [0.4, 0.5) is 0 Å². The number of carbonyl (C=O) groups excluding carboxylic acids is 1. The molecule has 0 aromatic rings. The summed E-state index contributed by atoms with van der Waals surface area (Å²) in [7, 11) is 0. The lowest BCUT2D eigenvalue weighted by atomic mass is 9.95. The Morgan fingerprint density at radius 1 is 1.33 bits per heavy atom. The van der Waals surface area contributed by atoms with Crippen LogP contribution >= 0.6 is 0 Å². The van der Waals surface area contributed by atoms with Crippen LogP contribution in [0.25, 0.3) is 0 Å². The molecule has 1 atom stereocenters. The number of aliphatic hydroxyl groups is 1. The van der Waals surface area contributed by atoms with Gasteiger partial charge in [-0.25, -0.2) is 0 Å². The molecule has 0 aromatic heterocycles. The zero-order chi connectivity index (χ0) is 12.1.